The lowest BCUT2D eigenvalue weighted by molar-refractivity contribution is -0.137. The number of anilines is 4. The van der Waals surface area contributed by atoms with Crippen LogP contribution in [0, 0.1) is 24.1 Å². The quantitative estimate of drug-likeness (QED) is 0.0734. The Morgan fingerprint density at radius 1 is 1.03 bits per heavy atom. The normalized spacial score (nSPS) is 17.2. The minimum atomic E-state index is -4.87. The first-order chi connectivity index (χ1) is 31.1. The molecule has 6 heterocycles. The van der Waals surface area contributed by atoms with Gasteiger partial charge in [0.15, 0.2) is 28.8 Å². The van der Waals surface area contributed by atoms with Gasteiger partial charge in [0.05, 0.1) is 46.9 Å². The summed E-state index contributed by atoms with van der Waals surface area (Å²) in [7, 11) is 0. The standard InChI is InChI=1S/C44H42F4N12O4S/c1-25-29(14-15-33(54-25)37-53-24-58(56-37)36-9-5-8-18-64-36)34-22-51-38-39(55-34)57(35(61)23-52-38)17-7-4-6-16-50-40(62)30-13-12-28(20-32(30)45)60-42(65)59(41(63)43(60,2)3)27-11-10-26(21-49)31(19-27)44(46,47)48/h10-15,19-20,22,24,36H,4-9,16-18,23H2,1-3H3,(H,50,62)(H,51,52). The highest BCUT2D eigenvalue weighted by Gasteiger charge is 2.51. The van der Waals surface area contributed by atoms with E-state index in [1.54, 1.807) is 22.1 Å². The fourth-order valence-electron chi connectivity index (χ4n) is 8.00. The molecule has 21 heteroatoms. The maximum absolute atomic E-state index is 15.6. The average molecular weight is 911 g/mol. The van der Waals surface area contributed by atoms with Crippen molar-refractivity contribution >= 4 is 58.1 Å². The monoisotopic (exact) mass is 910 g/mol. The van der Waals surface area contributed by atoms with Crippen LogP contribution in [0.15, 0.2) is 61.1 Å². The van der Waals surface area contributed by atoms with Gasteiger partial charge in [-0.3, -0.25) is 24.2 Å². The van der Waals surface area contributed by atoms with Crippen LogP contribution in [0.25, 0.3) is 22.8 Å². The van der Waals surface area contributed by atoms with Gasteiger partial charge in [-0.2, -0.15) is 18.4 Å². The van der Waals surface area contributed by atoms with Crippen LogP contribution in [-0.4, -0.2) is 84.3 Å². The molecule has 3 aliphatic heterocycles. The number of rotatable bonds is 12. The molecule has 3 aliphatic rings. The summed E-state index contributed by atoms with van der Waals surface area (Å²) in [5.74, 6) is -1.10. The first kappa shape index (κ1) is 44.7. The van der Waals surface area contributed by atoms with E-state index in [2.05, 4.69) is 25.7 Å². The number of nitriles is 1. The molecule has 5 aromatic rings. The van der Waals surface area contributed by atoms with Crippen molar-refractivity contribution in [2.75, 3.05) is 46.3 Å². The number of hydrogen-bond acceptors (Lipinski definition) is 12. The lowest BCUT2D eigenvalue weighted by Gasteiger charge is -2.29. The van der Waals surface area contributed by atoms with Crippen molar-refractivity contribution in [2.24, 2.45) is 0 Å². The van der Waals surface area contributed by atoms with Crippen LogP contribution < -0.4 is 25.3 Å². The molecule has 65 heavy (non-hydrogen) atoms. The number of ether oxygens (including phenoxy) is 1. The van der Waals surface area contributed by atoms with Crippen molar-refractivity contribution in [3.05, 3.63) is 89.3 Å². The van der Waals surface area contributed by atoms with Crippen LogP contribution in [0.4, 0.5) is 40.6 Å². The van der Waals surface area contributed by atoms with Gasteiger partial charge in [-0.1, -0.05) is 0 Å². The summed E-state index contributed by atoms with van der Waals surface area (Å²) < 4.78 is 64.3. The van der Waals surface area contributed by atoms with Crippen LogP contribution in [0.3, 0.4) is 0 Å². The number of halogens is 4. The second-order valence-electron chi connectivity index (χ2n) is 16.2. The number of thiocarbonyl (C=S) groups is 1. The number of carbonyl (C=O) groups is 3. The Morgan fingerprint density at radius 3 is 2.55 bits per heavy atom. The van der Waals surface area contributed by atoms with Crippen molar-refractivity contribution in [2.45, 2.75) is 77.2 Å². The number of carbonyl (C=O) groups excluding carboxylic acids is 3. The number of hydrogen-bond donors (Lipinski definition) is 2. The van der Waals surface area contributed by atoms with E-state index < -0.39 is 40.5 Å². The summed E-state index contributed by atoms with van der Waals surface area (Å²) >= 11 is 5.54. The van der Waals surface area contributed by atoms with E-state index in [1.165, 1.54) is 43.0 Å². The lowest BCUT2D eigenvalue weighted by Crippen LogP contribution is -2.44. The Balaban J connectivity index is 0.861. The van der Waals surface area contributed by atoms with Crippen LogP contribution in [-0.2, 0) is 20.5 Å². The number of benzene rings is 2. The molecule has 2 N–H and O–H groups in total. The number of aryl methyl sites for hydroxylation is 1. The maximum atomic E-state index is 15.6. The smallest absolute Gasteiger partial charge is 0.358 e. The number of amides is 3. The fourth-order valence-corrected chi connectivity index (χ4v) is 8.52. The Labute approximate surface area is 375 Å². The molecule has 3 aromatic heterocycles. The second-order valence-corrected chi connectivity index (χ2v) is 16.5. The van der Waals surface area contributed by atoms with Crippen molar-refractivity contribution in [1.29, 1.82) is 5.26 Å². The largest absolute Gasteiger partial charge is 0.417 e. The van der Waals surface area contributed by atoms with Crippen LogP contribution in [0.2, 0.25) is 0 Å². The minimum Gasteiger partial charge on any atom is -0.358 e. The second kappa shape index (κ2) is 17.9. The van der Waals surface area contributed by atoms with Gasteiger partial charge in [0.1, 0.15) is 23.4 Å². The Bertz CT molecular complexity index is 2750. The van der Waals surface area contributed by atoms with E-state index in [-0.39, 0.29) is 47.3 Å². The number of pyridine rings is 1. The molecule has 336 valence electrons. The minimum absolute atomic E-state index is 0.0534. The lowest BCUT2D eigenvalue weighted by atomic mass is 10.0. The van der Waals surface area contributed by atoms with Crippen molar-refractivity contribution < 1.29 is 36.7 Å². The molecular formula is C44H42F4N12O4S. The van der Waals surface area contributed by atoms with Gasteiger partial charge in [-0.15, -0.1) is 5.10 Å². The summed E-state index contributed by atoms with van der Waals surface area (Å²) in [5.41, 5.74) is -1.14. The molecule has 2 aromatic carbocycles. The van der Waals surface area contributed by atoms with E-state index in [0.717, 1.165) is 41.9 Å². The summed E-state index contributed by atoms with van der Waals surface area (Å²) in [6, 6.07) is 11.7. The van der Waals surface area contributed by atoms with Crippen molar-refractivity contribution in [3.8, 4) is 28.8 Å². The molecule has 16 nitrogen and oxygen atoms in total. The Hall–Kier alpha value is -6.92. The third-order valence-electron chi connectivity index (χ3n) is 11.4. The summed E-state index contributed by atoms with van der Waals surface area (Å²) in [5, 5.41) is 19.3. The van der Waals surface area contributed by atoms with Gasteiger partial charge in [0.25, 0.3) is 11.8 Å². The molecule has 0 saturated carbocycles. The number of fused-ring (bicyclic) bond motifs is 1. The van der Waals surface area contributed by atoms with Gasteiger partial charge < -0.3 is 20.3 Å². The Morgan fingerprint density at radius 2 is 1.83 bits per heavy atom. The average Bonchev–Trinajstić information content (AvgIpc) is 3.85. The van der Waals surface area contributed by atoms with Crippen molar-refractivity contribution in [1.82, 2.24) is 35.0 Å². The zero-order valence-electron chi connectivity index (χ0n) is 35.4. The SMILES string of the molecule is Cc1nc(-c2ncn(C3CCCCO3)n2)ccc1-c1cnc2c(n1)N(CCCCCNC(=O)c1ccc(N3C(=S)N(c4ccc(C#N)c(C(F)(F)F)c4)C(=O)C3(C)C)cc1F)C(=O)CN2. The zero-order chi connectivity index (χ0) is 46.2. The third-order valence-corrected chi connectivity index (χ3v) is 11.8. The number of unbranched alkanes of at least 4 members (excludes halogenated alkanes) is 2. The molecule has 2 fully saturated rings. The first-order valence-electron chi connectivity index (χ1n) is 20.9. The molecule has 0 aliphatic carbocycles. The van der Waals surface area contributed by atoms with Crippen molar-refractivity contribution in [3.63, 3.8) is 0 Å². The molecular weight excluding hydrogens is 869 g/mol. The van der Waals surface area contributed by atoms with Crippen LogP contribution in [0.5, 0.6) is 0 Å². The Kier molecular flexibility index (Phi) is 12.3. The summed E-state index contributed by atoms with van der Waals surface area (Å²) in [6.45, 7) is 6.12. The molecule has 1 unspecified atom stereocenters. The number of alkyl halides is 3. The molecule has 0 spiro atoms. The molecule has 8 rings (SSSR count). The highest BCUT2D eigenvalue weighted by molar-refractivity contribution is 7.81. The highest BCUT2D eigenvalue weighted by Crippen LogP contribution is 2.40. The topological polar surface area (TPSA) is 187 Å². The molecule has 0 bridgehead atoms. The van der Waals surface area contributed by atoms with Crippen LogP contribution in [0.1, 0.15) is 85.8 Å². The first-order valence-corrected chi connectivity index (χ1v) is 21.3. The summed E-state index contributed by atoms with van der Waals surface area (Å²) in [4.78, 5) is 62.1. The molecule has 1 atom stereocenters. The van der Waals surface area contributed by atoms with Gasteiger partial charge in [0, 0.05) is 36.6 Å². The van der Waals surface area contributed by atoms with E-state index in [0.29, 0.717) is 73.0 Å². The number of aromatic nitrogens is 6. The van der Waals surface area contributed by atoms with E-state index >= 15 is 4.39 Å². The predicted molar refractivity (Wildman–Crippen MR) is 234 cm³/mol. The molecule has 2 saturated heterocycles. The van der Waals surface area contributed by atoms with Gasteiger partial charge in [-0.05, 0) is 120 Å². The van der Waals surface area contributed by atoms with Gasteiger partial charge in [-0.25, -0.2) is 29.0 Å². The van der Waals surface area contributed by atoms with Gasteiger partial charge in [0.2, 0.25) is 5.91 Å². The molecule has 3 amide bonds. The van der Waals surface area contributed by atoms with Crippen LogP contribution >= 0.6 is 12.2 Å². The fraction of sp³-hybridized carbons (Fsp3) is 0.364. The predicted octanol–water partition coefficient (Wildman–Crippen LogP) is 7.11. The van der Waals surface area contributed by atoms with E-state index in [4.69, 9.17) is 26.9 Å². The molecule has 0 radical (unpaired) electrons. The maximum Gasteiger partial charge on any atom is 0.417 e. The third kappa shape index (κ3) is 8.83. The highest BCUT2D eigenvalue weighted by atomic mass is 32.1. The van der Waals surface area contributed by atoms with E-state index in [1.807, 2.05) is 19.1 Å². The number of nitrogens with one attached hydrogen (secondary N) is 2. The zero-order valence-corrected chi connectivity index (χ0v) is 36.3. The van der Waals surface area contributed by atoms with Gasteiger partial charge >= 0.3 is 6.18 Å². The number of nitrogens with zero attached hydrogens (tertiary/aromatic N) is 10. The summed E-state index contributed by atoms with van der Waals surface area (Å²) in [6.07, 6.45) is 2.93. The van der Waals surface area contributed by atoms with E-state index in [9.17, 15) is 32.8 Å².